The van der Waals surface area contributed by atoms with Crippen LogP contribution >= 0.6 is 11.3 Å². The summed E-state index contributed by atoms with van der Waals surface area (Å²) in [6.45, 7) is 2.97. The van der Waals surface area contributed by atoms with Gasteiger partial charge in [0.05, 0.1) is 30.3 Å². The predicted octanol–water partition coefficient (Wildman–Crippen LogP) is 1.60. The van der Waals surface area contributed by atoms with Gasteiger partial charge in [-0.1, -0.05) is 18.2 Å². The van der Waals surface area contributed by atoms with Gasteiger partial charge >= 0.3 is 5.97 Å². The van der Waals surface area contributed by atoms with Crippen LogP contribution in [0.2, 0.25) is 0 Å². The Morgan fingerprint density at radius 2 is 2.17 bits per heavy atom. The average molecular weight is 495 g/mol. The highest BCUT2D eigenvalue weighted by molar-refractivity contribution is 7.17. The number of rotatable bonds is 7. The largest absolute Gasteiger partial charge is 0.465 e. The summed E-state index contributed by atoms with van der Waals surface area (Å²) in [6, 6.07) is 9.22. The summed E-state index contributed by atoms with van der Waals surface area (Å²) in [5, 5.41) is 13.6. The van der Waals surface area contributed by atoms with Gasteiger partial charge in [0.1, 0.15) is 16.8 Å². The Hall–Kier alpha value is -3.75. The second-order valence-corrected chi connectivity index (χ2v) is 9.11. The lowest BCUT2D eigenvalue weighted by molar-refractivity contribution is -0.141. The van der Waals surface area contributed by atoms with Crippen molar-refractivity contribution in [1.82, 2.24) is 14.9 Å². The van der Waals surface area contributed by atoms with Crippen LogP contribution in [0, 0.1) is 11.3 Å². The first kappa shape index (κ1) is 24.4. The number of piperidine rings is 1. The number of thiophene rings is 1. The van der Waals surface area contributed by atoms with E-state index in [0.717, 1.165) is 24.2 Å². The number of esters is 1. The number of carbonyl (C=O) groups is 2. The summed E-state index contributed by atoms with van der Waals surface area (Å²) in [6.07, 6.45) is 1.72. The van der Waals surface area contributed by atoms with E-state index in [-0.39, 0.29) is 42.4 Å². The van der Waals surface area contributed by atoms with Gasteiger partial charge in [0.2, 0.25) is 5.95 Å². The molecule has 0 bridgehead atoms. The summed E-state index contributed by atoms with van der Waals surface area (Å²) >= 11 is 1.12. The minimum Gasteiger partial charge on any atom is -0.465 e. The van der Waals surface area contributed by atoms with Gasteiger partial charge in [-0.3, -0.25) is 19.0 Å². The summed E-state index contributed by atoms with van der Waals surface area (Å²) in [7, 11) is 0. The van der Waals surface area contributed by atoms with Gasteiger partial charge in [-0.2, -0.15) is 5.26 Å². The fourth-order valence-electron chi connectivity index (χ4n) is 4.12. The number of nitrogens with one attached hydrogen (secondary N) is 1. The fourth-order valence-corrected chi connectivity index (χ4v) is 5.05. The Balaban J connectivity index is 1.78. The number of hydrogen-bond donors (Lipinski definition) is 2. The van der Waals surface area contributed by atoms with Crippen molar-refractivity contribution >= 4 is 39.4 Å². The first-order valence-electron chi connectivity index (χ1n) is 11.4. The molecule has 4 rings (SSSR count). The van der Waals surface area contributed by atoms with Crippen LogP contribution in [0.15, 0.2) is 34.4 Å². The maximum atomic E-state index is 13.7. The Bertz CT molecular complexity index is 1360. The zero-order valence-electron chi connectivity index (χ0n) is 19.3. The molecule has 0 saturated carbocycles. The molecule has 10 nitrogen and oxygen atoms in total. The van der Waals surface area contributed by atoms with Gasteiger partial charge in [0.25, 0.3) is 11.5 Å². The van der Waals surface area contributed by atoms with E-state index in [1.807, 2.05) is 17.0 Å². The molecule has 2 aromatic heterocycles. The number of aromatic nitrogens is 2. The maximum absolute atomic E-state index is 13.7. The fraction of sp³-hybridized carbons (Fsp3) is 0.375. The van der Waals surface area contributed by atoms with Gasteiger partial charge < -0.3 is 20.7 Å². The van der Waals surface area contributed by atoms with E-state index >= 15 is 0 Å². The SMILES string of the molecule is CCOC(=O)CNC(=O)c1csc2c(=O)n(Cc3ccccc3C#N)c(N3CCCC(N)C3)nc12. The number of nitrogens with two attached hydrogens (primary N) is 1. The number of anilines is 1. The highest BCUT2D eigenvalue weighted by Gasteiger charge is 2.26. The highest BCUT2D eigenvalue weighted by Crippen LogP contribution is 2.26. The van der Waals surface area contributed by atoms with Crippen molar-refractivity contribution in [3.05, 3.63) is 56.7 Å². The van der Waals surface area contributed by atoms with Gasteiger partial charge in [-0.05, 0) is 31.4 Å². The molecule has 3 N–H and O–H groups in total. The van der Waals surface area contributed by atoms with Gasteiger partial charge in [-0.25, -0.2) is 4.98 Å². The van der Waals surface area contributed by atoms with E-state index in [1.54, 1.807) is 29.0 Å². The van der Waals surface area contributed by atoms with Gasteiger partial charge in [-0.15, -0.1) is 11.3 Å². The molecule has 1 saturated heterocycles. The monoisotopic (exact) mass is 494 g/mol. The van der Waals surface area contributed by atoms with Crippen LogP contribution < -0.4 is 21.5 Å². The Kier molecular flexibility index (Phi) is 7.43. The second kappa shape index (κ2) is 10.7. The lowest BCUT2D eigenvalue weighted by atomic mass is 10.1. The minimum atomic E-state index is -0.546. The van der Waals surface area contributed by atoms with E-state index in [2.05, 4.69) is 11.4 Å². The topological polar surface area (TPSA) is 143 Å². The van der Waals surface area contributed by atoms with E-state index < -0.39 is 11.9 Å². The molecular formula is C24H26N6O4S. The number of nitrogens with zero attached hydrogens (tertiary/aromatic N) is 4. The molecule has 1 aromatic carbocycles. The first-order valence-corrected chi connectivity index (χ1v) is 12.2. The van der Waals surface area contributed by atoms with Crippen LogP contribution in [0.25, 0.3) is 10.2 Å². The molecule has 3 aromatic rings. The van der Waals surface area contributed by atoms with Crippen LogP contribution in [-0.2, 0) is 16.1 Å². The van der Waals surface area contributed by atoms with Crippen molar-refractivity contribution in [3.8, 4) is 6.07 Å². The number of nitriles is 1. The summed E-state index contributed by atoms with van der Waals surface area (Å²) < 4.78 is 6.73. The minimum absolute atomic E-state index is 0.0639. The number of fused-ring (bicyclic) bond motifs is 1. The number of amides is 1. The van der Waals surface area contributed by atoms with Crippen molar-refractivity contribution in [2.45, 2.75) is 32.4 Å². The summed E-state index contributed by atoms with van der Waals surface area (Å²) in [4.78, 5) is 44.8. The predicted molar refractivity (Wildman–Crippen MR) is 133 cm³/mol. The number of hydrogen-bond acceptors (Lipinski definition) is 9. The third-order valence-corrected chi connectivity index (χ3v) is 6.76. The normalized spacial score (nSPS) is 15.6. The van der Waals surface area contributed by atoms with Crippen LogP contribution in [0.4, 0.5) is 5.95 Å². The molecule has 1 atom stereocenters. The summed E-state index contributed by atoms with van der Waals surface area (Å²) in [5.41, 5.74) is 7.58. The molecule has 0 radical (unpaired) electrons. The van der Waals surface area contributed by atoms with Crippen molar-refractivity contribution in [1.29, 1.82) is 5.26 Å². The molecule has 35 heavy (non-hydrogen) atoms. The number of benzene rings is 1. The third kappa shape index (κ3) is 5.18. The molecule has 1 unspecified atom stereocenters. The zero-order valence-corrected chi connectivity index (χ0v) is 20.1. The summed E-state index contributed by atoms with van der Waals surface area (Å²) in [5.74, 6) is -0.650. The van der Waals surface area contributed by atoms with Crippen LogP contribution in [-0.4, -0.2) is 53.7 Å². The molecular weight excluding hydrogens is 468 g/mol. The molecule has 3 heterocycles. The first-order chi connectivity index (χ1) is 16.9. The molecule has 11 heteroatoms. The van der Waals surface area contributed by atoms with Crippen molar-refractivity contribution in [2.75, 3.05) is 31.1 Å². The third-order valence-electron chi connectivity index (χ3n) is 5.81. The maximum Gasteiger partial charge on any atom is 0.325 e. The molecule has 1 amide bonds. The quantitative estimate of drug-likeness (QED) is 0.472. The highest BCUT2D eigenvalue weighted by atomic mass is 32.1. The van der Waals surface area contributed by atoms with Crippen molar-refractivity contribution in [2.24, 2.45) is 5.73 Å². The molecule has 0 aliphatic carbocycles. The Morgan fingerprint density at radius 3 is 2.91 bits per heavy atom. The molecule has 1 aliphatic heterocycles. The standard InChI is InChI=1S/C24H26N6O4S/c1-2-34-19(31)11-27-22(32)18-14-35-21-20(18)28-24(29-9-5-8-17(26)13-29)30(23(21)33)12-16-7-4-3-6-15(16)10-25/h3-4,6-7,14,17H,2,5,8-9,11-13,26H2,1H3,(H,27,32). The van der Waals surface area contributed by atoms with Crippen LogP contribution in [0.3, 0.4) is 0 Å². The molecule has 1 fully saturated rings. The van der Waals surface area contributed by atoms with Gasteiger partial charge in [0.15, 0.2) is 0 Å². The van der Waals surface area contributed by atoms with Gasteiger partial charge in [0, 0.05) is 24.5 Å². The van der Waals surface area contributed by atoms with E-state index in [9.17, 15) is 19.6 Å². The van der Waals surface area contributed by atoms with Crippen LogP contribution in [0.1, 0.15) is 41.3 Å². The van der Waals surface area contributed by atoms with Crippen molar-refractivity contribution in [3.63, 3.8) is 0 Å². The lowest BCUT2D eigenvalue weighted by Gasteiger charge is -2.33. The number of carbonyl (C=O) groups excluding carboxylic acids is 2. The van der Waals surface area contributed by atoms with Crippen molar-refractivity contribution < 1.29 is 14.3 Å². The Morgan fingerprint density at radius 1 is 1.37 bits per heavy atom. The molecule has 182 valence electrons. The molecule has 1 aliphatic rings. The number of ether oxygens (including phenoxy) is 1. The lowest BCUT2D eigenvalue weighted by Crippen LogP contribution is -2.45. The van der Waals surface area contributed by atoms with E-state index in [0.29, 0.717) is 34.9 Å². The Labute approximate surface area is 205 Å². The average Bonchev–Trinajstić information content (AvgIpc) is 3.29. The second-order valence-electron chi connectivity index (χ2n) is 8.24. The smallest absolute Gasteiger partial charge is 0.325 e. The zero-order chi connectivity index (χ0) is 24.9. The molecule has 0 spiro atoms. The van der Waals surface area contributed by atoms with E-state index in [1.165, 1.54) is 0 Å². The van der Waals surface area contributed by atoms with E-state index in [4.69, 9.17) is 15.5 Å². The van der Waals surface area contributed by atoms with Crippen LogP contribution in [0.5, 0.6) is 0 Å².